The largest absolute Gasteiger partial charge is 0.441 e. The molecule has 1 aliphatic heterocycles. The van der Waals surface area contributed by atoms with Crippen LogP contribution < -0.4 is 0 Å². The summed E-state index contributed by atoms with van der Waals surface area (Å²) < 4.78 is 5.92. The fourth-order valence-corrected chi connectivity index (χ4v) is 4.91. The molecule has 152 valence electrons. The van der Waals surface area contributed by atoms with E-state index in [0.717, 1.165) is 37.1 Å². The molecule has 3 aromatic rings. The van der Waals surface area contributed by atoms with E-state index in [2.05, 4.69) is 60.6 Å². The SMILES string of the molecule is CC(C)Cc1ccc(-c2cnc(CCC(=O)N3CCCC3c3cccs3)o2)cc1. The van der Waals surface area contributed by atoms with E-state index in [-0.39, 0.29) is 11.9 Å². The first-order valence-electron chi connectivity index (χ1n) is 10.5. The van der Waals surface area contributed by atoms with Gasteiger partial charge in [-0.2, -0.15) is 0 Å². The molecule has 0 saturated carbocycles. The first-order valence-corrected chi connectivity index (χ1v) is 11.3. The molecule has 0 aliphatic carbocycles. The van der Waals surface area contributed by atoms with Crippen molar-refractivity contribution in [2.45, 2.75) is 52.0 Å². The van der Waals surface area contributed by atoms with Crippen LogP contribution in [-0.2, 0) is 17.6 Å². The van der Waals surface area contributed by atoms with E-state index < -0.39 is 0 Å². The molecule has 1 fully saturated rings. The Balaban J connectivity index is 1.35. The highest BCUT2D eigenvalue weighted by Gasteiger charge is 2.30. The predicted octanol–water partition coefficient (Wildman–Crippen LogP) is 5.90. The second kappa shape index (κ2) is 8.95. The summed E-state index contributed by atoms with van der Waals surface area (Å²) in [5, 5.41) is 2.08. The minimum atomic E-state index is 0.193. The second-order valence-corrected chi connectivity index (χ2v) is 9.15. The lowest BCUT2D eigenvalue weighted by Gasteiger charge is -2.23. The maximum atomic E-state index is 12.8. The number of carbonyl (C=O) groups is 1. The molecule has 0 radical (unpaired) electrons. The van der Waals surface area contributed by atoms with Crippen LogP contribution in [0.4, 0.5) is 0 Å². The van der Waals surface area contributed by atoms with E-state index in [9.17, 15) is 4.79 Å². The summed E-state index contributed by atoms with van der Waals surface area (Å²) in [5.41, 5.74) is 2.36. The van der Waals surface area contributed by atoms with Crippen molar-refractivity contribution in [1.29, 1.82) is 0 Å². The van der Waals surface area contributed by atoms with Crippen LogP contribution in [0.1, 0.15) is 55.5 Å². The van der Waals surface area contributed by atoms with E-state index in [4.69, 9.17) is 4.42 Å². The molecule has 4 nitrogen and oxygen atoms in total. The molecule has 29 heavy (non-hydrogen) atoms. The Hall–Kier alpha value is -2.40. The molecule has 0 N–H and O–H groups in total. The number of hydrogen-bond donors (Lipinski definition) is 0. The van der Waals surface area contributed by atoms with Gasteiger partial charge in [-0.15, -0.1) is 11.3 Å². The Kier molecular flexibility index (Phi) is 6.14. The van der Waals surface area contributed by atoms with Gasteiger partial charge in [0.1, 0.15) is 0 Å². The molecular formula is C24H28N2O2S. The molecule has 2 aromatic heterocycles. The van der Waals surface area contributed by atoms with Crippen molar-refractivity contribution in [1.82, 2.24) is 9.88 Å². The van der Waals surface area contributed by atoms with Gasteiger partial charge in [-0.25, -0.2) is 4.98 Å². The van der Waals surface area contributed by atoms with Crippen LogP contribution in [0.5, 0.6) is 0 Å². The predicted molar refractivity (Wildman–Crippen MR) is 117 cm³/mol. The van der Waals surface area contributed by atoms with Gasteiger partial charge in [0.05, 0.1) is 12.2 Å². The summed E-state index contributed by atoms with van der Waals surface area (Å²) in [4.78, 5) is 20.5. The van der Waals surface area contributed by atoms with E-state index in [1.807, 2.05) is 4.90 Å². The number of carbonyl (C=O) groups excluding carboxylic acids is 1. The van der Waals surface area contributed by atoms with Gasteiger partial charge in [-0.3, -0.25) is 4.79 Å². The van der Waals surface area contributed by atoms with Gasteiger partial charge in [0.15, 0.2) is 11.7 Å². The first kappa shape index (κ1) is 19.9. The van der Waals surface area contributed by atoms with Gasteiger partial charge in [0.25, 0.3) is 0 Å². The van der Waals surface area contributed by atoms with Crippen LogP contribution in [-0.4, -0.2) is 22.3 Å². The Bertz CT molecular complexity index is 928. The Morgan fingerprint density at radius 1 is 1.28 bits per heavy atom. The third kappa shape index (κ3) is 4.78. The average molecular weight is 409 g/mol. The Labute approximate surface area is 176 Å². The van der Waals surface area contributed by atoms with Crippen LogP contribution in [0.2, 0.25) is 0 Å². The fourth-order valence-electron chi connectivity index (χ4n) is 4.04. The van der Waals surface area contributed by atoms with Gasteiger partial charge in [0.2, 0.25) is 5.91 Å². The number of hydrogen-bond acceptors (Lipinski definition) is 4. The van der Waals surface area contributed by atoms with Gasteiger partial charge < -0.3 is 9.32 Å². The van der Waals surface area contributed by atoms with Crippen LogP contribution in [0.15, 0.2) is 52.4 Å². The molecule has 1 aliphatic rings. The summed E-state index contributed by atoms with van der Waals surface area (Å²) >= 11 is 1.74. The lowest BCUT2D eigenvalue weighted by molar-refractivity contribution is -0.132. The standard InChI is InChI=1S/C24H28N2O2S/c1-17(2)15-18-7-9-19(10-8-18)21-16-25-23(28-21)11-12-24(27)26-13-3-5-20(26)22-6-4-14-29-22/h4,6-10,14,16-17,20H,3,5,11-13,15H2,1-2H3. The van der Waals surface area contributed by atoms with Crippen LogP contribution in [0, 0.1) is 5.92 Å². The van der Waals surface area contributed by atoms with Gasteiger partial charge in [-0.05, 0) is 42.2 Å². The molecule has 3 heterocycles. The van der Waals surface area contributed by atoms with Crippen molar-refractivity contribution in [3.8, 4) is 11.3 Å². The molecule has 0 spiro atoms. The maximum absolute atomic E-state index is 12.8. The molecule has 5 heteroatoms. The first-order chi connectivity index (χ1) is 14.1. The molecule has 1 atom stereocenters. The van der Waals surface area contributed by atoms with E-state index in [0.29, 0.717) is 24.7 Å². The second-order valence-electron chi connectivity index (χ2n) is 8.17. The van der Waals surface area contributed by atoms with Crippen LogP contribution >= 0.6 is 11.3 Å². The van der Waals surface area contributed by atoms with Crippen molar-refractivity contribution in [2.24, 2.45) is 5.92 Å². The maximum Gasteiger partial charge on any atom is 0.223 e. The monoisotopic (exact) mass is 408 g/mol. The van der Waals surface area contributed by atoms with Gasteiger partial charge in [0, 0.05) is 29.8 Å². The number of aromatic nitrogens is 1. The number of aryl methyl sites for hydroxylation is 1. The number of nitrogens with zero attached hydrogens (tertiary/aromatic N) is 2. The average Bonchev–Trinajstić information content (AvgIpc) is 3.47. The van der Waals surface area contributed by atoms with E-state index in [1.165, 1.54) is 10.4 Å². The number of rotatable bonds is 7. The zero-order valence-electron chi connectivity index (χ0n) is 17.1. The minimum absolute atomic E-state index is 0.193. The highest BCUT2D eigenvalue weighted by molar-refractivity contribution is 7.10. The lowest BCUT2D eigenvalue weighted by atomic mass is 10.0. The number of thiophene rings is 1. The highest BCUT2D eigenvalue weighted by atomic mass is 32.1. The normalized spacial score (nSPS) is 16.7. The molecule has 1 saturated heterocycles. The molecule has 0 bridgehead atoms. The molecule has 1 amide bonds. The number of amides is 1. The summed E-state index contributed by atoms with van der Waals surface area (Å²) in [6.45, 7) is 5.30. The van der Waals surface area contributed by atoms with E-state index >= 15 is 0 Å². The van der Waals surface area contributed by atoms with Crippen molar-refractivity contribution < 1.29 is 9.21 Å². The summed E-state index contributed by atoms with van der Waals surface area (Å²) in [7, 11) is 0. The van der Waals surface area contributed by atoms with Gasteiger partial charge >= 0.3 is 0 Å². The Morgan fingerprint density at radius 2 is 2.10 bits per heavy atom. The number of oxazole rings is 1. The summed E-state index contributed by atoms with van der Waals surface area (Å²) in [6.07, 6.45) is 5.95. The third-order valence-electron chi connectivity index (χ3n) is 5.43. The van der Waals surface area contributed by atoms with Crippen LogP contribution in [0.3, 0.4) is 0 Å². The number of benzene rings is 1. The van der Waals surface area contributed by atoms with Gasteiger partial charge in [-0.1, -0.05) is 44.2 Å². The number of likely N-dealkylation sites (tertiary alicyclic amines) is 1. The lowest BCUT2D eigenvalue weighted by Crippen LogP contribution is -2.30. The molecular weight excluding hydrogens is 380 g/mol. The van der Waals surface area contributed by atoms with Crippen molar-refractivity contribution in [3.63, 3.8) is 0 Å². The quantitative estimate of drug-likeness (QED) is 0.489. The molecule has 1 aromatic carbocycles. The van der Waals surface area contributed by atoms with Crippen molar-refractivity contribution in [2.75, 3.05) is 6.54 Å². The zero-order valence-corrected chi connectivity index (χ0v) is 18.0. The topological polar surface area (TPSA) is 46.3 Å². The summed E-state index contributed by atoms with van der Waals surface area (Å²) in [6, 6.07) is 12.9. The molecule has 4 rings (SSSR count). The highest BCUT2D eigenvalue weighted by Crippen LogP contribution is 2.35. The minimum Gasteiger partial charge on any atom is -0.441 e. The van der Waals surface area contributed by atoms with E-state index in [1.54, 1.807) is 17.5 Å². The third-order valence-corrected chi connectivity index (χ3v) is 6.41. The summed E-state index contributed by atoms with van der Waals surface area (Å²) in [5.74, 6) is 2.23. The molecule has 1 unspecified atom stereocenters. The van der Waals surface area contributed by atoms with Crippen molar-refractivity contribution in [3.05, 3.63) is 64.3 Å². The van der Waals surface area contributed by atoms with Crippen LogP contribution in [0.25, 0.3) is 11.3 Å². The smallest absolute Gasteiger partial charge is 0.223 e. The fraction of sp³-hybridized carbons (Fsp3) is 0.417. The Morgan fingerprint density at radius 3 is 2.83 bits per heavy atom. The van der Waals surface area contributed by atoms with Crippen molar-refractivity contribution >= 4 is 17.2 Å². The zero-order chi connectivity index (χ0) is 20.2.